The molecule has 3 N–H and O–H groups in total. The molecule has 5 nitrogen and oxygen atoms in total. The summed E-state index contributed by atoms with van der Waals surface area (Å²) >= 11 is 5.90. The summed E-state index contributed by atoms with van der Waals surface area (Å²) in [6, 6.07) is 0. The first kappa shape index (κ1) is 11.0. The molecule has 1 unspecified atom stereocenters. The first-order chi connectivity index (χ1) is 6.52. The predicted octanol–water partition coefficient (Wildman–Crippen LogP) is 0.529. The highest BCUT2D eigenvalue weighted by Gasteiger charge is 2.12. The normalized spacial score (nSPS) is 12.6. The van der Waals surface area contributed by atoms with Crippen molar-refractivity contribution in [2.45, 2.75) is 13.0 Å². The van der Waals surface area contributed by atoms with Crippen molar-refractivity contribution in [3.63, 3.8) is 0 Å². The van der Waals surface area contributed by atoms with Crippen LogP contribution in [0.2, 0.25) is 5.02 Å². The first-order valence-electron chi connectivity index (χ1n) is 4.17. The number of hydrogen-bond acceptors (Lipinski definition) is 5. The molecule has 1 heterocycles. The Bertz CT molecular complexity index is 318. The second kappa shape index (κ2) is 4.43. The summed E-state index contributed by atoms with van der Waals surface area (Å²) in [6.45, 7) is 2.13. The Kier molecular flexibility index (Phi) is 3.49. The number of aliphatic hydroxyl groups excluding tert-OH is 1. The van der Waals surface area contributed by atoms with Gasteiger partial charge in [-0.05, 0) is 6.92 Å². The molecule has 0 saturated carbocycles. The van der Waals surface area contributed by atoms with Gasteiger partial charge in [0.1, 0.15) is 17.2 Å². The van der Waals surface area contributed by atoms with Gasteiger partial charge in [0, 0.05) is 13.6 Å². The van der Waals surface area contributed by atoms with Crippen LogP contribution in [0.25, 0.3) is 0 Å². The van der Waals surface area contributed by atoms with Gasteiger partial charge in [-0.1, -0.05) is 11.6 Å². The van der Waals surface area contributed by atoms with E-state index in [1.54, 1.807) is 18.9 Å². The highest BCUT2D eigenvalue weighted by atomic mass is 35.5. The zero-order chi connectivity index (χ0) is 10.7. The van der Waals surface area contributed by atoms with E-state index in [1.807, 2.05) is 0 Å². The number of aliphatic hydroxyl groups is 1. The number of halogens is 1. The lowest BCUT2D eigenvalue weighted by Crippen LogP contribution is -2.28. The minimum absolute atomic E-state index is 0.245. The van der Waals surface area contributed by atoms with Gasteiger partial charge >= 0.3 is 0 Å². The van der Waals surface area contributed by atoms with Crippen molar-refractivity contribution in [3.05, 3.63) is 11.3 Å². The molecule has 6 heteroatoms. The summed E-state index contributed by atoms with van der Waals surface area (Å²) in [6.07, 6.45) is 0.891. The Morgan fingerprint density at radius 1 is 1.64 bits per heavy atom. The van der Waals surface area contributed by atoms with Crippen molar-refractivity contribution < 1.29 is 5.11 Å². The molecule has 1 rings (SSSR count). The number of aromatic nitrogens is 2. The molecule has 1 atom stereocenters. The van der Waals surface area contributed by atoms with Gasteiger partial charge in [-0.2, -0.15) is 0 Å². The number of likely N-dealkylation sites (N-methyl/N-ethyl adjacent to an activating group) is 1. The molecule has 1 aromatic rings. The van der Waals surface area contributed by atoms with Crippen LogP contribution in [0.15, 0.2) is 6.33 Å². The van der Waals surface area contributed by atoms with Gasteiger partial charge < -0.3 is 15.7 Å². The maximum Gasteiger partial charge on any atom is 0.152 e. The number of rotatable bonds is 3. The van der Waals surface area contributed by atoms with Crippen LogP contribution in [-0.4, -0.2) is 34.8 Å². The molecule has 0 aliphatic heterocycles. The minimum Gasteiger partial charge on any atom is -0.392 e. The van der Waals surface area contributed by atoms with E-state index in [4.69, 9.17) is 17.3 Å². The standard InChI is InChI=1S/C8H13ClN4O/c1-5(14)3-13(2)8-6(9)7(10)11-4-12-8/h4-5,14H,3H2,1-2H3,(H2,10,11,12). The van der Waals surface area contributed by atoms with E-state index in [9.17, 15) is 5.11 Å². The lowest BCUT2D eigenvalue weighted by atomic mass is 10.3. The van der Waals surface area contributed by atoms with Crippen LogP contribution in [0.5, 0.6) is 0 Å². The Morgan fingerprint density at radius 2 is 2.29 bits per heavy atom. The molecule has 0 radical (unpaired) electrons. The van der Waals surface area contributed by atoms with Crippen LogP contribution in [0, 0.1) is 0 Å². The maximum atomic E-state index is 9.18. The largest absolute Gasteiger partial charge is 0.392 e. The average molecular weight is 217 g/mol. The van der Waals surface area contributed by atoms with Gasteiger partial charge in [-0.3, -0.25) is 0 Å². The van der Waals surface area contributed by atoms with Crippen molar-refractivity contribution >= 4 is 23.2 Å². The van der Waals surface area contributed by atoms with Gasteiger partial charge in [-0.15, -0.1) is 0 Å². The molecule has 0 aromatic carbocycles. The lowest BCUT2D eigenvalue weighted by Gasteiger charge is -2.20. The highest BCUT2D eigenvalue weighted by molar-refractivity contribution is 6.35. The molecular weight excluding hydrogens is 204 g/mol. The summed E-state index contributed by atoms with van der Waals surface area (Å²) in [5, 5.41) is 9.50. The number of nitrogens with zero attached hydrogens (tertiary/aromatic N) is 3. The van der Waals surface area contributed by atoms with Crippen molar-refractivity contribution in [2.75, 3.05) is 24.2 Å². The van der Waals surface area contributed by atoms with E-state index in [2.05, 4.69) is 9.97 Å². The van der Waals surface area contributed by atoms with Gasteiger partial charge in [-0.25, -0.2) is 9.97 Å². The second-order valence-electron chi connectivity index (χ2n) is 3.13. The molecule has 0 aliphatic rings. The fraction of sp³-hybridized carbons (Fsp3) is 0.500. The van der Waals surface area contributed by atoms with Crippen LogP contribution in [0.1, 0.15) is 6.92 Å². The Hall–Kier alpha value is -1.07. The topological polar surface area (TPSA) is 75.3 Å². The Morgan fingerprint density at radius 3 is 2.86 bits per heavy atom. The van der Waals surface area contributed by atoms with Crippen molar-refractivity contribution in [3.8, 4) is 0 Å². The van der Waals surface area contributed by atoms with Gasteiger partial charge in [0.15, 0.2) is 5.82 Å². The van der Waals surface area contributed by atoms with E-state index < -0.39 is 6.10 Å². The SMILES string of the molecule is CC(O)CN(C)c1ncnc(N)c1Cl. The van der Waals surface area contributed by atoms with Gasteiger partial charge in [0.05, 0.1) is 6.10 Å². The van der Waals surface area contributed by atoms with E-state index >= 15 is 0 Å². The smallest absolute Gasteiger partial charge is 0.152 e. The van der Waals surface area contributed by atoms with E-state index in [0.717, 1.165) is 0 Å². The van der Waals surface area contributed by atoms with E-state index in [0.29, 0.717) is 17.4 Å². The fourth-order valence-corrected chi connectivity index (χ4v) is 1.36. The van der Waals surface area contributed by atoms with Gasteiger partial charge in [0.2, 0.25) is 0 Å². The summed E-state index contributed by atoms with van der Waals surface area (Å²) < 4.78 is 0. The van der Waals surface area contributed by atoms with Crippen LogP contribution in [0.4, 0.5) is 11.6 Å². The third-order valence-corrected chi connectivity index (χ3v) is 2.06. The third-order valence-electron chi connectivity index (χ3n) is 1.70. The quantitative estimate of drug-likeness (QED) is 0.771. The zero-order valence-electron chi connectivity index (χ0n) is 8.11. The molecule has 0 spiro atoms. The summed E-state index contributed by atoms with van der Waals surface area (Å²) in [4.78, 5) is 9.46. The van der Waals surface area contributed by atoms with Crippen LogP contribution < -0.4 is 10.6 Å². The van der Waals surface area contributed by atoms with Crippen LogP contribution in [-0.2, 0) is 0 Å². The highest BCUT2D eigenvalue weighted by Crippen LogP contribution is 2.25. The molecule has 0 fully saturated rings. The van der Waals surface area contributed by atoms with Crippen molar-refractivity contribution in [1.29, 1.82) is 0 Å². The van der Waals surface area contributed by atoms with Crippen LogP contribution in [0.3, 0.4) is 0 Å². The lowest BCUT2D eigenvalue weighted by molar-refractivity contribution is 0.201. The summed E-state index contributed by atoms with van der Waals surface area (Å²) in [5.74, 6) is 0.772. The maximum absolute atomic E-state index is 9.18. The molecule has 1 aromatic heterocycles. The predicted molar refractivity (Wildman–Crippen MR) is 56.4 cm³/mol. The van der Waals surface area contributed by atoms with Crippen molar-refractivity contribution in [2.24, 2.45) is 0 Å². The summed E-state index contributed by atoms with van der Waals surface area (Å²) in [7, 11) is 1.78. The Labute approximate surface area is 87.5 Å². The molecular formula is C8H13ClN4O. The molecule has 0 saturated heterocycles. The van der Waals surface area contributed by atoms with Crippen molar-refractivity contribution in [1.82, 2.24) is 9.97 Å². The van der Waals surface area contributed by atoms with E-state index in [-0.39, 0.29) is 5.82 Å². The molecule has 0 aliphatic carbocycles. The number of nitrogen functional groups attached to an aromatic ring is 1. The molecule has 78 valence electrons. The van der Waals surface area contributed by atoms with Gasteiger partial charge in [0.25, 0.3) is 0 Å². The number of nitrogens with two attached hydrogens (primary N) is 1. The third kappa shape index (κ3) is 2.46. The monoisotopic (exact) mass is 216 g/mol. The minimum atomic E-state index is -0.452. The molecule has 14 heavy (non-hydrogen) atoms. The first-order valence-corrected chi connectivity index (χ1v) is 4.55. The van der Waals surface area contributed by atoms with Crippen LogP contribution >= 0.6 is 11.6 Å². The molecule has 0 amide bonds. The second-order valence-corrected chi connectivity index (χ2v) is 3.50. The number of hydrogen-bond donors (Lipinski definition) is 2. The fourth-order valence-electron chi connectivity index (χ4n) is 1.12. The summed E-state index contributed by atoms with van der Waals surface area (Å²) in [5.41, 5.74) is 5.52. The number of anilines is 2. The Balaban J connectivity index is 2.89. The molecule has 0 bridgehead atoms. The van der Waals surface area contributed by atoms with E-state index in [1.165, 1.54) is 6.33 Å². The zero-order valence-corrected chi connectivity index (χ0v) is 8.86. The average Bonchev–Trinajstić information content (AvgIpc) is 2.08.